The van der Waals surface area contributed by atoms with Crippen molar-refractivity contribution in [1.29, 1.82) is 0 Å². The van der Waals surface area contributed by atoms with E-state index in [2.05, 4.69) is 21.8 Å². The normalized spacial score (nSPS) is 10.3. The molecular weight excluding hydrogens is 190 g/mol. The van der Waals surface area contributed by atoms with Crippen molar-refractivity contribution in [3.8, 4) is 0 Å². The maximum absolute atomic E-state index is 5.33. The van der Waals surface area contributed by atoms with E-state index in [-0.39, 0.29) is 0 Å². The molecule has 0 unspecified atom stereocenters. The van der Waals surface area contributed by atoms with Crippen LogP contribution in [0.15, 0.2) is 12.4 Å². The van der Waals surface area contributed by atoms with E-state index in [1.807, 2.05) is 13.8 Å². The summed E-state index contributed by atoms with van der Waals surface area (Å²) < 4.78 is 5.33. The summed E-state index contributed by atoms with van der Waals surface area (Å²) in [4.78, 5) is 10.7. The molecule has 15 heavy (non-hydrogen) atoms. The highest BCUT2D eigenvalue weighted by atomic mass is 16.5. The minimum atomic E-state index is 0.736. The molecule has 0 spiro atoms. The monoisotopic (exact) mass is 209 g/mol. The van der Waals surface area contributed by atoms with Gasteiger partial charge >= 0.3 is 0 Å². The average molecular weight is 209 g/mol. The Balaban J connectivity index is 2.57. The summed E-state index contributed by atoms with van der Waals surface area (Å²) in [5.74, 6) is 0.928. The summed E-state index contributed by atoms with van der Waals surface area (Å²) in [6.45, 7) is 9.34. The summed E-state index contributed by atoms with van der Waals surface area (Å²) in [7, 11) is 0. The van der Waals surface area contributed by atoms with Gasteiger partial charge in [0, 0.05) is 25.9 Å². The van der Waals surface area contributed by atoms with E-state index in [9.17, 15) is 0 Å². The summed E-state index contributed by atoms with van der Waals surface area (Å²) in [6.07, 6.45) is 3.56. The van der Waals surface area contributed by atoms with E-state index < -0.39 is 0 Å². The number of likely N-dealkylation sites (N-methyl/N-ethyl adjacent to an activating group) is 1. The van der Waals surface area contributed by atoms with Crippen molar-refractivity contribution < 1.29 is 4.74 Å². The lowest BCUT2D eigenvalue weighted by atomic mass is 10.4. The van der Waals surface area contributed by atoms with E-state index in [1.165, 1.54) is 0 Å². The van der Waals surface area contributed by atoms with Crippen LogP contribution in [0.1, 0.15) is 19.5 Å². The van der Waals surface area contributed by atoms with Gasteiger partial charge in [0.25, 0.3) is 0 Å². The van der Waals surface area contributed by atoms with Gasteiger partial charge in [0.1, 0.15) is 5.82 Å². The molecule has 1 heterocycles. The highest BCUT2D eigenvalue weighted by Gasteiger charge is 2.05. The predicted molar refractivity (Wildman–Crippen MR) is 61.1 cm³/mol. The second kappa shape index (κ2) is 6.35. The lowest BCUT2D eigenvalue weighted by Gasteiger charge is -2.21. The molecule has 0 bridgehead atoms. The molecule has 1 aromatic heterocycles. The molecule has 1 aromatic rings. The van der Waals surface area contributed by atoms with Gasteiger partial charge < -0.3 is 9.64 Å². The minimum Gasteiger partial charge on any atom is -0.380 e. The number of anilines is 1. The van der Waals surface area contributed by atoms with Gasteiger partial charge in [-0.25, -0.2) is 4.98 Å². The third kappa shape index (κ3) is 3.83. The quantitative estimate of drug-likeness (QED) is 0.668. The average Bonchev–Trinajstić information content (AvgIpc) is 2.24. The van der Waals surface area contributed by atoms with Gasteiger partial charge in [-0.1, -0.05) is 0 Å². The van der Waals surface area contributed by atoms with Gasteiger partial charge in [-0.05, 0) is 20.8 Å². The van der Waals surface area contributed by atoms with Gasteiger partial charge in [-0.2, -0.15) is 0 Å². The number of aromatic nitrogens is 2. The topological polar surface area (TPSA) is 38.2 Å². The molecule has 0 aromatic carbocycles. The van der Waals surface area contributed by atoms with Gasteiger partial charge in [-0.3, -0.25) is 4.98 Å². The summed E-state index contributed by atoms with van der Waals surface area (Å²) in [5, 5.41) is 0. The Kier molecular flexibility index (Phi) is 5.04. The molecule has 0 fully saturated rings. The summed E-state index contributed by atoms with van der Waals surface area (Å²) in [6, 6.07) is 0. The molecular formula is C11H19N3O. The maximum atomic E-state index is 5.33. The Morgan fingerprint density at radius 2 is 2.13 bits per heavy atom. The highest BCUT2D eigenvalue weighted by Crippen LogP contribution is 2.08. The third-order valence-electron chi connectivity index (χ3n) is 2.16. The van der Waals surface area contributed by atoms with Crippen LogP contribution in [-0.4, -0.2) is 36.3 Å². The highest BCUT2D eigenvalue weighted by molar-refractivity contribution is 5.35. The zero-order valence-electron chi connectivity index (χ0n) is 9.73. The van der Waals surface area contributed by atoms with Gasteiger partial charge in [0.2, 0.25) is 0 Å². The standard InChI is InChI=1S/C11H19N3O/c1-4-14(6-7-15-5-2)11-9-12-8-10(3)13-11/h8-9H,4-7H2,1-3H3. The smallest absolute Gasteiger partial charge is 0.147 e. The van der Waals surface area contributed by atoms with Crippen molar-refractivity contribution in [3.05, 3.63) is 18.1 Å². The first-order valence-electron chi connectivity index (χ1n) is 5.39. The molecule has 1 rings (SSSR count). The summed E-state index contributed by atoms with van der Waals surface area (Å²) >= 11 is 0. The van der Waals surface area contributed by atoms with E-state index in [4.69, 9.17) is 4.74 Å². The van der Waals surface area contributed by atoms with Gasteiger partial charge in [0.05, 0.1) is 18.5 Å². The Morgan fingerprint density at radius 1 is 1.33 bits per heavy atom. The molecule has 0 aliphatic rings. The van der Waals surface area contributed by atoms with Crippen LogP contribution in [0.4, 0.5) is 5.82 Å². The fourth-order valence-corrected chi connectivity index (χ4v) is 1.36. The molecule has 0 saturated carbocycles. The number of hydrogen-bond donors (Lipinski definition) is 0. The molecule has 4 nitrogen and oxygen atoms in total. The van der Waals surface area contributed by atoms with Crippen LogP contribution < -0.4 is 4.90 Å². The van der Waals surface area contributed by atoms with Crippen LogP contribution in [-0.2, 0) is 4.74 Å². The van der Waals surface area contributed by atoms with E-state index in [1.54, 1.807) is 12.4 Å². The van der Waals surface area contributed by atoms with Crippen LogP contribution in [0.25, 0.3) is 0 Å². The molecule has 0 atom stereocenters. The number of rotatable bonds is 6. The van der Waals surface area contributed by atoms with Crippen molar-refractivity contribution in [2.24, 2.45) is 0 Å². The maximum Gasteiger partial charge on any atom is 0.147 e. The molecule has 0 aliphatic heterocycles. The lowest BCUT2D eigenvalue weighted by Crippen LogP contribution is -2.28. The van der Waals surface area contributed by atoms with E-state index in [0.717, 1.165) is 37.8 Å². The Labute approximate surface area is 91.3 Å². The van der Waals surface area contributed by atoms with Crippen molar-refractivity contribution in [1.82, 2.24) is 9.97 Å². The van der Waals surface area contributed by atoms with E-state index >= 15 is 0 Å². The molecule has 0 aliphatic carbocycles. The molecule has 4 heteroatoms. The Hall–Kier alpha value is -1.16. The second-order valence-electron chi connectivity index (χ2n) is 3.30. The van der Waals surface area contributed by atoms with Gasteiger partial charge in [-0.15, -0.1) is 0 Å². The number of ether oxygens (including phenoxy) is 1. The first-order chi connectivity index (χ1) is 7.27. The zero-order chi connectivity index (χ0) is 11.1. The van der Waals surface area contributed by atoms with Crippen molar-refractivity contribution in [2.45, 2.75) is 20.8 Å². The fraction of sp³-hybridized carbons (Fsp3) is 0.636. The second-order valence-corrected chi connectivity index (χ2v) is 3.30. The van der Waals surface area contributed by atoms with Crippen LogP contribution in [0, 0.1) is 6.92 Å². The van der Waals surface area contributed by atoms with Crippen LogP contribution >= 0.6 is 0 Å². The fourth-order valence-electron chi connectivity index (χ4n) is 1.36. The number of aryl methyl sites for hydroxylation is 1. The number of nitrogens with zero attached hydrogens (tertiary/aromatic N) is 3. The first-order valence-corrected chi connectivity index (χ1v) is 5.39. The van der Waals surface area contributed by atoms with Crippen LogP contribution in [0.5, 0.6) is 0 Å². The predicted octanol–water partition coefficient (Wildman–Crippen LogP) is 1.65. The SMILES string of the molecule is CCOCCN(CC)c1cncc(C)n1. The Morgan fingerprint density at radius 3 is 2.73 bits per heavy atom. The van der Waals surface area contributed by atoms with Crippen molar-refractivity contribution in [3.63, 3.8) is 0 Å². The Bertz CT molecular complexity index is 291. The van der Waals surface area contributed by atoms with Crippen LogP contribution in [0.2, 0.25) is 0 Å². The largest absolute Gasteiger partial charge is 0.380 e. The molecule has 0 radical (unpaired) electrons. The summed E-state index contributed by atoms with van der Waals surface area (Å²) in [5.41, 5.74) is 0.947. The molecule has 0 saturated heterocycles. The first kappa shape index (κ1) is 11.9. The molecule has 84 valence electrons. The zero-order valence-corrected chi connectivity index (χ0v) is 9.73. The molecule has 0 amide bonds. The number of hydrogen-bond acceptors (Lipinski definition) is 4. The van der Waals surface area contributed by atoms with Gasteiger partial charge in [0.15, 0.2) is 0 Å². The molecule has 0 N–H and O–H groups in total. The van der Waals surface area contributed by atoms with Crippen LogP contribution in [0.3, 0.4) is 0 Å². The van der Waals surface area contributed by atoms with Crippen molar-refractivity contribution in [2.75, 3.05) is 31.2 Å². The van der Waals surface area contributed by atoms with Crippen molar-refractivity contribution >= 4 is 5.82 Å². The minimum absolute atomic E-state index is 0.736. The lowest BCUT2D eigenvalue weighted by molar-refractivity contribution is 0.154. The van der Waals surface area contributed by atoms with E-state index in [0.29, 0.717) is 0 Å². The third-order valence-corrected chi connectivity index (χ3v) is 2.16.